The summed E-state index contributed by atoms with van der Waals surface area (Å²) in [7, 11) is -1.90. The number of piperidine rings is 1. The zero-order chi connectivity index (χ0) is 17.2. The van der Waals surface area contributed by atoms with Crippen LogP contribution in [0.25, 0.3) is 11.0 Å². The van der Waals surface area contributed by atoms with Crippen LogP contribution in [0.3, 0.4) is 0 Å². The first-order valence-corrected chi connectivity index (χ1v) is 9.30. The number of nitrogens with zero attached hydrogens (tertiary/aromatic N) is 2. The average molecular weight is 356 g/mol. The number of hydrogen-bond acceptors (Lipinski definition) is 4. The summed E-state index contributed by atoms with van der Waals surface area (Å²) in [5, 5.41) is 0. The quantitative estimate of drug-likeness (QED) is 0.819. The van der Waals surface area contributed by atoms with E-state index in [0.29, 0.717) is 42.5 Å². The molecule has 132 valence electrons. The Bertz CT molecular complexity index is 800. The molecule has 0 unspecified atom stereocenters. The number of aromatic amines is 1. The molecule has 2 N–H and O–H groups in total. The third kappa shape index (κ3) is 3.92. The summed E-state index contributed by atoms with van der Waals surface area (Å²) in [6.45, 7) is 1.66. The Kier molecular flexibility index (Phi) is 5.14. The number of H-pyrrole nitrogens is 1. The largest absolute Gasteiger partial charge is 0.384 e. The first-order chi connectivity index (χ1) is 11.5. The van der Waals surface area contributed by atoms with Crippen LogP contribution < -0.4 is 4.72 Å². The number of aromatic nitrogens is 2. The van der Waals surface area contributed by atoms with Gasteiger partial charge in [0, 0.05) is 26.8 Å². The minimum Gasteiger partial charge on any atom is -0.384 e. The van der Waals surface area contributed by atoms with Gasteiger partial charge in [0.2, 0.25) is 0 Å². The van der Waals surface area contributed by atoms with Crippen LogP contribution in [-0.2, 0) is 21.5 Å². The Balaban J connectivity index is 1.60. The van der Waals surface area contributed by atoms with Crippen molar-refractivity contribution in [2.45, 2.75) is 19.4 Å². The van der Waals surface area contributed by atoms with Crippen molar-refractivity contribution in [1.29, 1.82) is 0 Å². The van der Waals surface area contributed by atoms with Gasteiger partial charge in [0.05, 0.1) is 17.6 Å². The molecule has 7 nitrogen and oxygen atoms in total. The molecule has 1 aliphatic heterocycles. The maximum absolute atomic E-state index is 13.2. The van der Waals surface area contributed by atoms with E-state index in [1.54, 1.807) is 13.2 Å². The van der Waals surface area contributed by atoms with Crippen molar-refractivity contribution < 1.29 is 17.5 Å². The van der Waals surface area contributed by atoms with Crippen molar-refractivity contribution >= 4 is 21.2 Å². The third-order valence-corrected chi connectivity index (χ3v) is 5.78. The highest BCUT2D eigenvalue weighted by Gasteiger charge is 2.27. The van der Waals surface area contributed by atoms with Gasteiger partial charge >= 0.3 is 0 Å². The van der Waals surface area contributed by atoms with Gasteiger partial charge in [0.1, 0.15) is 11.6 Å². The van der Waals surface area contributed by atoms with Crippen molar-refractivity contribution in [3.8, 4) is 0 Å². The molecule has 1 aromatic carbocycles. The predicted molar refractivity (Wildman–Crippen MR) is 88.0 cm³/mol. The molecule has 1 aliphatic rings. The van der Waals surface area contributed by atoms with Gasteiger partial charge < -0.3 is 9.72 Å². The van der Waals surface area contributed by atoms with Crippen LogP contribution in [0.15, 0.2) is 18.2 Å². The molecule has 0 amide bonds. The molecular formula is C15H21FN4O3S. The molecule has 2 heterocycles. The fourth-order valence-electron chi connectivity index (χ4n) is 2.92. The van der Waals surface area contributed by atoms with Crippen LogP contribution >= 0.6 is 0 Å². The monoisotopic (exact) mass is 356 g/mol. The number of hydrogen-bond donors (Lipinski definition) is 2. The molecule has 3 rings (SSSR count). The minimum atomic E-state index is -3.56. The lowest BCUT2D eigenvalue weighted by molar-refractivity contribution is 0.121. The maximum Gasteiger partial charge on any atom is 0.279 e. The van der Waals surface area contributed by atoms with E-state index in [-0.39, 0.29) is 12.4 Å². The molecule has 1 fully saturated rings. The highest BCUT2D eigenvalue weighted by molar-refractivity contribution is 7.87. The minimum absolute atomic E-state index is 0.0383. The second-order valence-electron chi connectivity index (χ2n) is 5.97. The van der Waals surface area contributed by atoms with Gasteiger partial charge in [-0.2, -0.15) is 17.4 Å². The van der Waals surface area contributed by atoms with E-state index in [9.17, 15) is 12.8 Å². The van der Waals surface area contributed by atoms with E-state index in [2.05, 4.69) is 14.7 Å². The Labute approximate surface area is 140 Å². The molecule has 1 aromatic heterocycles. The summed E-state index contributed by atoms with van der Waals surface area (Å²) >= 11 is 0. The summed E-state index contributed by atoms with van der Waals surface area (Å²) < 4.78 is 47.0. The van der Waals surface area contributed by atoms with E-state index < -0.39 is 10.2 Å². The molecule has 0 atom stereocenters. The lowest BCUT2D eigenvalue weighted by Gasteiger charge is -2.30. The SMILES string of the molecule is COCC1CCN(S(=O)(=O)NCc2nc3ccc(F)cc3[nH]2)CC1. The fourth-order valence-corrected chi connectivity index (χ4v) is 4.11. The number of fused-ring (bicyclic) bond motifs is 1. The molecular weight excluding hydrogens is 335 g/mol. The van der Waals surface area contributed by atoms with Crippen LogP contribution in [0.2, 0.25) is 0 Å². The van der Waals surface area contributed by atoms with E-state index in [1.165, 1.54) is 16.4 Å². The van der Waals surface area contributed by atoms with Crippen LogP contribution in [0.1, 0.15) is 18.7 Å². The molecule has 0 saturated carbocycles. The fraction of sp³-hybridized carbons (Fsp3) is 0.533. The molecule has 2 aromatic rings. The van der Waals surface area contributed by atoms with E-state index in [4.69, 9.17) is 4.74 Å². The van der Waals surface area contributed by atoms with E-state index in [0.717, 1.165) is 12.8 Å². The van der Waals surface area contributed by atoms with Crippen molar-refractivity contribution in [3.63, 3.8) is 0 Å². The van der Waals surface area contributed by atoms with Crippen molar-refractivity contribution in [2.24, 2.45) is 5.92 Å². The number of halogens is 1. The predicted octanol–water partition coefficient (Wildman–Crippen LogP) is 1.39. The summed E-state index contributed by atoms with van der Waals surface area (Å²) in [6.07, 6.45) is 1.58. The zero-order valence-corrected chi connectivity index (χ0v) is 14.3. The molecule has 24 heavy (non-hydrogen) atoms. The number of methoxy groups -OCH3 is 1. The molecule has 1 saturated heterocycles. The van der Waals surface area contributed by atoms with Crippen molar-refractivity contribution in [1.82, 2.24) is 19.0 Å². The molecule has 0 radical (unpaired) electrons. The summed E-state index contributed by atoms with van der Waals surface area (Å²) in [5.41, 5.74) is 1.15. The number of benzene rings is 1. The number of rotatable bonds is 6. The van der Waals surface area contributed by atoms with Gasteiger partial charge in [-0.15, -0.1) is 0 Å². The molecule has 0 bridgehead atoms. The Morgan fingerprint density at radius 3 is 2.88 bits per heavy atom. The Morgan fingerprint density at radius 2 is 2.17 bits per heavy atom. The molecule has 0 aliphatic carbocycles. The topological polar surface area (TPSA) is 87.3 Å². The van der Waals surface area contributed by atoms with Crippen LogP contribution in [0.4, 0.5) is 4.39 Å². The van der Waals surface area contributed by atoms with Gasteiger partial charge in [0.25, 0.3) is 10.2 Å². The van der Waals surface area contributed by atoms with Gasteiger partial charge in [-0.3, -0.25) is 0 Å². The normalized spacial score (nSPS) is 17.6. The smallest absolute Gasteiger partial charge is 0.279 e. The Hall–Kier alpha value is -1.55. The van der Waals surface area contributed by atoms with Crippen LogP contribution in [0, 0.1) is 11.7 Å². The average Bonchev–Trinajstić information content (AvgIpc) is 2.96. The first-order valence-electron chi connectivity index (χ1n) is 7.86. The summed E-state index contributed by atoms with van der Waals surface area (Å²) in [5.74, 6) is 0.498. The third-order valence-electron chi connectivity index (χ3n) is 4.23. The van der Waals surface area contributed by atoms with Crippen LogP contribution in [0.5, 0.6) is 0 Å². The maximum atomic E-state index is 13.2. The van der Waals surface area contributed by atoms with E-state index >= 15 is 0 Å². The Morgan fingerprint density at radius 1 is 1.42 bits per heavy atom. The van der Waals surface area contributed by atoms with Gasteiger partial charge in [0.15, 0.2) is 0 Å². The van der Waals surface area contributed by atoms with Gasteiger partial charge in [-0.25, -0.2) is 9.37 Å². The van der Waals surface area contributed by atoms with Crippen molar-refractivity contribution in [3.05, 3.63) is 29.8 Å². The van der Waals surface area contributed by atoms with Crippen LogP contribution in [-0.4, -0.2) is 49.5 Å². The standard InChI is InChI=1S/C15H21FN4O3S/c1-23-10-11-4-6-20(7-5-11)24(21,22)17-9-15-18-13-3-2-12(16)8-14(13)19-15/h2-3,8,11,17H,4-7,9-10H2,1H3,(H,18,19). The van der Waals surface area contributed by atoms with Gasteiger partial charge in [-0.1, -0.05) is 0 Å². The number of nitrogens with one attached hydrogen (secondary N) is 2. The number of ether oxygens (including phenoxy) is 1. The lowest BCUT2D eigenvalue weighted by atomic mass is 9.99. The molecule has 9 heteroatoms. The molecule has 0 spiro atoms. The second-order valence-corrected chi connectivity index (χ2v) is 7.72. The summed E-state index contributed by atoms with van der Waals surface area (Å²) in [4.78, 5) is 7.18. The van der Waals surface area contributed by atoms with E-state index in [1.807, 2.05) is 0 Å². The van der Waals surface area contributed by atoms with Gasteiger partial charge in [-0.05, 0) is 37.0 Å². The second kappa shape index (κ2) is 7.14. The summed E-state index contributed by atoms with van der Waals surface area (Å²) in [6, 6.07) is 4.21. The lowest BCUT2D eigenvalue weighted by Crippen LogP contribution is -2.45. The van der Waals surface area contributed by atoms with Crippen molar-refractivity contribution in [2.75, 3.05) is 26.8 Å². The highest BCUT2D eigenvalue weighted by Crippen LogP contribution is 2.19. The zero-order valence-electron chi connectivity index (χ0n) is 13.5. The number of imidazole rings is 1. The first kappa shape index (κ1) is 17.3. The highest BCUT2D eigenvalue weighted by atomic mass is 32.2.